The van der Waals surface area contributed by atoms with Crippen LogP contribution in [0.5, 0.6) is 0 Å². The number of rotatable bonds is 3. The molecule has 0 aromatic carbocycles. The molecule has 1 atom stereocenters. The molecule has 3 amide bonds. The Kier molecular flexibility index (Phi) is 7.15. The third-order valence-corrected chi connectivity index (χ3v) is 6.84. The topological polar surface area (TPSA) is 118 Å². The first kappa shape index (κ1) is 27.1. The van der Waals surface area contributed by atoms with Crippen LogP contribution in [0.3, 0.4) is 0 Å². The smallest absolute Gasteiger partial charge is 0.411 e. The van der Waals surface area contributed by atoms with E-state index in [0.29, 0.717) is 35.9 Å². The van der Waals surface area contributed by atoms with Crippen molar-refractivity contribution in [3.8, 4) is 11.8 Å². The quantitative estimate of drug-likeness (QED) is 0.498. The Morgan fingerprint density at radius 2 is 1.80 bits per heavy atom. The van der Waals surface area contributed by atoms with E-state index in [-0.39, 0.29) is 17.7 Å². The summed E-state index contributed by atoms with van der Waals surface area (Å²) in [6, 6.07) is 4.73. The Labute approximate surface area is 233 Å². The van der Waals surface area contributed by atoms with E-state index in [9.17, 15) is 14.4 Å². The van der Waals surface area contributed by atoms with E-state index in [1.54, 1.807) is 63.3 Å². The summed E-state index contributed by atoms with van der Waals surface area (Å²) in [5.74, 6) is 6.58. The molecule has 3 aromatic rings. The monoisotopic (exact) mass is 540 g/mol. The molecule has 3 aromatic heterocycles. The predicted molar refractivity (Wildman–Crippen MR) is 151 cm³/mol. The number of pyridine rings is 3. The summed E-state index contributed by atoms with van der Waals surface area (Å²) in [5, 5.41) is 4.59. The van der Waals surface area contributed by atoms with Crippen molar-refractivity contribution in [2.75, 3.05) is 23.3 Å². The maximum absolute atomic E-state index is 13.1. The molecule has 0 bridgehead atoms. The number of piperazine rings is 1. The number of aromatic nitrogens is 3. The van der Waals surface area contributed by atoms with Crippen LogP contribution >= 0.6 is 0 Å². The first-order valence-electron chi connectivity index (χ1n) is 13.4. The molecule has 0 unspecified atom stereocenters. The number of carbonyl (C=O) groups is 3. The van der Waals surface area contributed by atoms with Crippen LogP contribution in [0.15, 0.2) is 36.8 Å². The normalized spacial score (nSPS) is 17.3. The third kappa shape index (κ3) is 5.88. The summed E-state index contributed by atoms with van der Waals surface area (Å²) in [6.45, 7) is 9.68. The number of amides is 3. The number of carbonyl (C=O) groups excluding carboxylic acids is 3. The lowest BCUT2D eigenvalue weighted by Crippen LogP contribution is -2.58. The van der Waals surface area contributed by atoms with Crippen LogP contribution in [0.4, 0.5) is 16.3 Å². The van der Waals surface area contributed by atoms with Gasteiger partial charge in [0.25, 0.3) is 0 Å². The molecular formula is C30H32N6O4. The molecule has 1 N–H and O–H groups in total. The van der Waals surface area contributed by atoms with Crippen molar-refractivity contribution in [2.24, 2.45) is 5.92 Å². The van der Waals surface area contributed by atoms with Crippen LogP contribution in [0, 0.1) is 24.7 Å². The highest BCUT2D eigenvalue weighted by Gasteiger charge is 2.37. The number of hydrogen-bond donors (Lipinski definition) is 1. The molecule has 0 radical (unpaired) electrons. The van der Waals surface area contributed by atoms with Crippen molar-refractivity contribution in [3.63, 3.8) is 0 Å². The fourth-order valence-corrected chi connectivity index (χ4v) is 4.46. The highest BCUT2D eigenvalue weighted by molar-refractivity contribution is 5.99. The number of anilines is 2. The van der Waals surface area contributed by atoms with Gasteiger partial charge in [-0.05, 0) is 71.6 Å². The second kappa shape index (κ2) is 10.6. The lowest BCUT2D eigenvalue weighted by atomic mass is 10.1. The van der Waals surface area contributed by atoms with Gasteiger partial charge in [-0.2, -0.15) is 0 Å². The first-order chi connectivity index (χ1) is 19.0. The fourth-order valence-electron chi connectivity index (χ4n) is 4.46. The predicted octanol–water partition coefficient (Wildman–Crippen LogP) is 4.05. The molecule has 40 heavy (non-hydrogen) atoms. The van der Waals surface area contributed by atoms with E-state index in [4.69, 9.17) is 4.74 Å². The van der Waals surface area contributed by atoms with Crippen LogP contribution < -0.4 is 10.2 Å². The molecule has 1 aliphatic heterocycles. The third-order valence-electron chi connectivity index (χ3n) is 6.84. The summed E-state index contributed by atoms with van der Waals surface area (Å²) >= 11 is 0. The Bertz CT molecular complexity index is 1550. The summed E-state index contributed by atoms with van der Waals surface area (Å²) in [7, 11) is 0. The van der Waals surface area contributed by atoms with Gasteiger partial charge in [-0.15, -0.1) is 0 Å². The van der Waals surface area contributed by atoms with Gasteiger partial charge in [0.05, 0.1) is 17.4 Å². The standard InChI is InChI=1S/C30H32N6O4/c1-18-25-17-33-26(34-27(37)20-6-7-20)14-24(25)21(15-31-18)8-9-22-10-11-23(16-32-22)36-13-12-35(19(2)28(36)38)29(39)40-30(3,4)5/h10-11,14-17,19-20H,6-7,12-13H2,1-5H3,(H,33,34,37)/t19-/m1/s1. The number of ether oxygens (including phenoxy) is 1. The van der Waals surface area contributed by atoms with Crippen LogP contribution in [0.2, 0.25) is 0 Å². The minimum absolute atomic E-state index is 0.00585. The molecule has 0 spiro atoms. The minimum atomic E-state index is -0.654. The second-order valence-electron chi connectivity index (χ2n) is 11.1. The van der Waals surface area contributed by atoms with E-state index >= 15 is 0 Å². The van der Waals surface area contributed by atoms with E-state index in [0.717, 1.165) is 29.3 Å². The summed E-state index contributed by atoms with van der Waals surface area (Å²) in [5.41, 5.74) is 2.04. The number of fused-ring (bicyclic) bond motifs is 1. The zero-order valence-electron chi connectivity index (χ0n) is 23.3. The molecule has 2 fully saturated rings. The van der Waals surface area contributed by atoms with E-state index in [1.807, 2.05) is 13.0 Å². The average Bonchev–Trinajstić information content (AvgIpc) is 3.75. The van der Waals surface area contributed by atoms with Gasteiger partial charge in [-0.1, -0.05) is 5.92 Å². The van der Waals surface area contributed by atoms with E-state index in [2.05, 4.69) is 32.1 Å². The molecule has 10 heteroatoms. The number of nitrogens with one attached hydrogen (secondary N) is 1. The van der Waals surface area contributed by atoms with Crippen LogP contribution in [0.25, 0.3) is 10.8 Å². The average molecular weight is 541 g/mol. The van der Waals surface area contributed by atoms with Gasteiger partial charge in [0.2, 0.25) is 11.8 Å². The van der Waals surface area contributed by atoms with E-state index < -0.39 is 17.7 Å². The summed E-state index contributed by atoms with van der Waals surface area (Å²) in [6.07, 6.45) is 6.36. The van der Waals surface area contributed by atoms with Gasteiger partial charge < -0.3 is 15.0 Å². The van der Waals surface area contributed by atoms with Gasteiger partial charge >= 0.3 is 6.09 Å². The number of hydrogen-bond acceptors (Lipinski definition) is 7. The lowest BCUT2D eigenvalue weighted by Gasteiger charge is -2.39. The Balaban J connectivity index is 1.32. The number of nitrogens with zero attached hydrogens (tertiary/aromatic N) is 5. The maximum Gasteiger partial charge on any atom is 0.411 e. The lowest BCUT2D eigenvalue weighted by molar-refractivity contribution is -0.125. The molecule has 206 valence electrons. The Hall–Kier alpha value is -4.52. The Morgan fingerprint density at radius 3 is 2.48 bits per heavy atom. The minimum Gasteiger partial charge on any atom is -0.444 e. The van der Waals surface area contributed by atoms with Crippen molar-refractivity contribution in [1.29, 1.82) is 0 Å². The Morgan fingerprint density at radius 1 is 1.02 bits per heavy atom. The van der Waals surface area contributed by atoms with Gasteiger partial charge in [0.1, 0.15) is 23.2 Å². The summed E-state index contributed by atoms with van der Waals surface area (Å²) in [4.78, 5) is 54.1. The van der Waals surface area contributed by atoms with Crippen molar-refractivity contribution < 1.29 is 19.1 Å². The molecule has 4 heterocycles. The van der Waals surface area contributed by atoms with Gasteiger partial charge in [-0.25, -0.2) is 14.8 Å². The molecule has 2 aliphatic rings. The molecule has 1 saturated carbocycles. The maximum atomic E-state index is 13.1. The largest absolute Gasteiger partial charge is 0.444 e. The molecule has 1 aliphatic carbocycles. The SMILES string of the molecule is Cc1ncc(C#Cc2ccc(N3CCN(C(=O)OC(C)(C)C)[C@H](C)C3=O)cn2)c2cc(NC(=O)C3CC3)ncc12. The summed E-state index contributed by atoms with van der Waals surface area (Å²) < 4.78 is 5.45. The fraction of sp³-hybridized carbons (Fsp3) is 0.400. The molecule has 10 nitrogen and oxygen atoms in total. The van der Waals surface area contributed by atoms with Crippen LogP contribution in [-0.4, -0.2) is 62.5 Å². The number of aryl methyl sites for hydroxylation is 1. The highest BCUT2D eigenvalue weighted by atomic mass is 16.6. The molecule has 5 rings (SSSR count). The zero-order chi connectivity index (χ0) is 28.6. The molecule has 1 saturated heterocycles. The van der Waals surface area contributed by atoms with Gasteiger partial charge in [0.15, 0.2) is 0 Å². The molecular weight excluding hydrogens is 508 g/mol. The zero-order valence-corrected chi connectivity index (χ0v) is 23.3. The van der Waals surface area contributed by atoms with Crippen molar-refractivity contribution in [2.45, 2.75) is 59.1 Å². The highest BCUT2D eigenvalue weighted by Crippen LogP contribution is 2.30. The van der Waals surface area contributed by atoms with Crippen molar-refractivity contribution in [3.05, 3.63) is 53.7 Å². The van der Waals surface area contributed by atoms with Crippen molar-refractivity contribution >= 4 is 40.2 Å². The van der Waals surface area contributed by atoms with E-state index in [1.165, 1.54) is 4.90 Å². The van der Waals surface area contributed by atoms with Gasteiger partial charge in [0, 0.05) is 47.9 Å². The first-order valence-corrected chi connectivity index (χ1v) is 13.4. The van der Waals surface area contributed by atoms with Crippen LogP contribution in [-0.2, 0) is 14.3 Å². The van der Waals surface area contributed by atoms with Gasteiger partial charge in [-0.3, -0.25) is 19.5 Å². The second-order valence-corrected chi connectivity index (χ2v) is 11.1. The van der Waals surface area contributed by atoms with Crippen molar-refractivity contribution in [1.82, 2.24) is 19.9 Å². The van der Waals surface area contributed by atoms with Crippen LogP contribution in [0.1, 0.15) is 57.5 Å².